The van der Waals surface area contributed by atoms with Gasteiger partial charge in [-0.2, -0.15) is 5.10 Å². The van der Waals surface area contributed by atoms with Gasteiger partial charge < -0.3 is 9.80 Å². The van der Waals surface area contributed by atoms with Crippen molar-refractivity contribution in [2.24, 2.45) is 7.05 Å². The van der Waals surface area contributed by atoms with Crippen molar-refractivity contribution in [2.75, 3.05) is 37.3 Å². The number of thioether (sulfide) groups is 1. The number of thiazole rings is 1. The van der Waals surface area contributed by atoms with Crippen molar-refractivity contribution >= 4 is 44.4 Å². The van der Waals surface area contributed by atoms with Crippen molar-refractivity contribution in [1.82, 2.24) is 19.7 Å². The van der Waals surface area contributed by atoms with Gasteiger partial charge in [-0.05, 0) is 36.9 Å². The Morgan fingerprint density at radius 1 is 1.23 bits per heavy atom. The van der Waals surface area contributed by atoms with Crippen LogP contribution in [0.5, 0.6) is 0 Å². The summed E-state index contributed by atoms with van der Waals surface area (Å²) in [6.45, 7) is 4.95. The summed E-state index contributed by atoms with van der Waals surface area (Å²) in [5.74, 6) is 0.0658. The molecule has 1 aromatic carbocycles. The zero-order valence-corrected chi connectivity index (χ0v) is 16.7. The van der Waals surface area contributed by atoms with E-state index in [1.807, 2.05) is 18.9 Å². The number of carbonyl (C=O) groups is 1. The number of rotatable bonds is 3. The largest absolute Gasteiger partial charge is 0.345 e. The van der Waals surface area contributed by atoms with Crippen LogP contribution in [0.1, 0.15) is 16.1 Å². The van der Waals surface area contributed by atoms with Crippen LogP contribution in [0.4, 0.5) is 5.13 Å². The fraction of sp³-hybridized carbons (Fsp3) is 0.389. The second kappa shape index (κ2) is 6.92. The van der Waals surface area contributed by atoms with Crippen molar-refractivity contribution < 1.29 is 4.79 Å². The SMILES string of the molecule is CSc1ccc2nc(N3CCN(C(=O)c4c(C)cnn4C)CC3)sc2c1. The number of aromatic nitrogens is 3. The summed E-state index contributed by atoms with van der Waals surface area (Å²) in [5, 5.41) is 5.23. The lowest BCUT2D eigenvalue weighted by Crippen LogP contribution is -2.49. The molecule has 0 bridgehead atoms. The highest BCUT2D eigenvalue weighted by Crippen LogP contribution is 2.32. The van der Waals surface area contributed by atoms with Gasteiger partial charge in [-0.25, -0.2) is 4.98 Å². The maximum absolute atomic E-state index is 12.8. The first kappa shape index (κ1) is 17.4. The molecule has 1 aliphatic rings. The zero-order chi connectivity index (χ0) is 18.3. The first-order valence-corrected chi connectivity index (χ1v) is 10.6. The van der Waals surface area contributed by atoms with Gasteiger partial charge in [0.25, 0.3) is 5.91 Å². The molecule has 1 amide bonds. The van der Waals surface area contributed by atoms with Gasteiger partial charge in [-0.3, -0.25) is 9.48 Å². The van der Waals surface area contributed by atoms with E-state index in [1.165, 1.54) is 9.60 Å². The van der Waals surface area contributed by atoms with Gasteiger partial charge in [0, 0.05) is 38.1 Å². The Bertz CT molecular complexity index is 936. The fourth-order valence-corrected chi connectivity index (χ4v) is 4.83. The van der Waals surface area contributed by atoms with Crippen LogP contribution in [0.25, 0.3) is 10.2 Å². The molecule has 8 heteroatoms. The van der Waals surface area contributed by atoms with E-state index in [2.05, 4.69) is 34.5 Å². The van der Waals surface area contributed by atoms with Crippen LogP contribution in [0, 0.1) is 6.92 Å². The third-order valence-electron chi connectivity index (χ3n) is 4.75. The Morgan fingerprint density at radius 2 is 2.00 bits per heavy atom. The summed E-state index contributed by atoms with van der Waals surface area (Å²) in [7, 11) is 1.82. The van der Waals surface area contributed by atoms with Gasteiger partial charge in [0.15, 0.2) is 5.13 Å². The summed E-state index contributed by atoms with van der Waals surface area (Å²) in [5.41, 5.74) is 2.66. The highest BCUT2D eigenvalue weighted by atomic mass is 32.2. The van der Waals surface area contributed by atoms with Gasteiger partial charge in [0.05, 0.1) is 16.4 Å². The molecule has 0 radical (unpaired) electrons. The number of fused-ring (bicyclic) bond motifs is 1. The third-order valence-corrected chi connectivity index (χ3v) is 6.55. The average Bonchev–Trinajstić information content (AvgIpc) is 3.23. The van der Waals surface area contributed by atoms with Crippen molar-refractivity contribution in [2.45, 2.75) is 11.8 Å². The van der Waals surface area contributed by atoms with Crippen molar-refractivity contribution in [3.63, 3.8) is 0 Å². The quantitative estimate of drug-likeness (QED) is 0.647. The number of nitrogens with zero attached hydrogens (tertiary/aromatic N) is 5. The molecule has 0 saturated carbocycles. The molecule has 0 spiro atoms. The Kier molecular flexibility index (Phi) is 4.62. The standard InChI is InChI=1S/C18H21N5OS2/c1-12-11-19-21(2)16(12)17(24)22-6-8-23(9-7-22)18-20-14-5-4-13(25-3)10-15(14)26-18/h4-5,10-11H,6-9H2,1-3H3. The summed E-state index contributed by atoms with van der Waals surface area (Å²) in [6, 6.07) is 6.40. The second-order valence-corrected chi connectivity index (χ2v) is 8.30. The van der Waals surface area contributed by atoms with Crippen LogP contribution >= 0.6 is 23.1 Å². The molecular formula is C18H21N5OS2. The molecule has 3 heterocycles. The van der Waals surface area contributed by atoms with E-state index < -0.39 is 0 Å². The Morgan fingerprint density at radius 3 is 2.65 bits per heavy atom. The minimum absolute atomic E-state index is 0.0658. The van der Waals surface area contributed by atoms with E-state index in [0.29, 0.717) is 18.8 Å². The van der Waals surface area contributed by atoms with Crippen LogP contribution in [0.2, 0.25) is 0 Å². The highest BCUT2D eigenvalue weighted by Gasteiger charge is 2.26. The lowest BCUT2D eigenvalue weighted by atomic mass is 10.2. The van der Waals surface area contributed by atoms with E-state index in [9.17, 15) is 4.79 Å². The lowest BCUT2D eigenvalue weighted by molar-refractivity contribution is 0.0735. The molecule has 3 aromatic rings. The van der Waals surface area contributed by atoms with Gasteiger partial charge in [-0.1, -0.05) is 11.3 Å². The molecule has 1 fully saturated rings. The topological polar surface area (TPSA) is 54.3 Å². The minimum atomic E-state index is 0.0658. The molecule has 0 unspecified atom stereocenters. The van der Waals surface area contributed by atoms with Crippen molar-refractivity contribution in [1.29, 1.82) is 0 Å². The number of aryl methyl sites for hydroxylation is 2. The first-order valence-electron chi connectivity index (χ1n) is 8.54. The minimum Gasteiger partial charge on any atom is -0.345 e. The predicted molar refractivity (Wildman–Crippen MR) is 107 cm³/mol. The number of amides is 1. The van der Waals surface area contributed by atoms with Crippen LogP contribution in [-0.4, -0.2) is 58.0 Å². The molecule has 26 heavy (non-hydrogen) atoms. The Hall–Kier alpha value is -2.06. The number of hydrogen-bond donors (Lipinski definition) is 0. The zero-order valence-electron chi connectivity index (χ0n) is 15.1. The highest BCUT2D eigenvalue weighted by molar-refractivity contribution is 7.98. The summed E-state index contributed by atoms with van der Waals surface area (Å²) >= 11 is 3.48. The maximum Gasteiger partial charge on any atom is 0.272 e. The fourth-order valence-electron chi connectivity index (χ4n) is 3.26. The van der Waals surface area contributed by atoms with Crippen LogP contribution in [-0.2, 0) is 7.05 Å². The normalized spacial score (nSPS) is 15.0. The smallest absolute Gasteiger partial charge is 0.272 e. The molecule has 0 aliphatic carbocycles. The molecule has 4 rings (SSSR count). The molecule has 1 aliphatic heterocycles. The van der Waals surface area contributed by atoms with E-state index in [0.717, 1.165) is 29.3 Å². The van der Waals surface area contributed by atoms with Gasteiger partial charge >= 0.3 is 0 Å². The molecule has 1 saturated heterocycles. The van der Waals surface area contributed by atoms with Crippen molar-refractivity contribution in [3.05, 3.63) is 35.7 Å². The molecule has 6 nitrogen and oxygen atoms in total. The molecule has 0 atom stereocenters. The van der Waals surface area contributed by atoms with Gasteiger partial charge in [0.1, 0.15) is 5.69 Å². The average molecular weight is 388 g/mol. The van der Waals surface area contributed by atoms with E-state index >= 15 is 0 Å². The number of benzene rings is 1. The number of hydrogen-bond acceptors (Lipinski definition) is 6. The number of piperazine rings is 1. The lowest BCUT2D eigenvalue weighted by Gasteiger charge is -2.34. The number of anilines is 1. The molecule has 0 N–H and O–H groups in total. The van der Waals surface area contributed by atoms with E-state index in [1.54, 1.807) is 34.0 Å². The van der Waals surface area contributed by atoms with Gasteiger partial charge in [0.2, 0.25) is 0 Å². The molecule has 136 valence electrons. The Balaban J connectivity index is 1.47. The predicted octanol–water partition coefficient (Wildman–Crippen LogP) is 3.02. The molecule has 2 aromatic heterocycles. The van der Waals surface area contributed by atoms with Crippen LogP contribution in [0.3, 0.4) is 0 Å². The monoisotopic (exact) mass is 387 g/mol. The van der Waals surface area contributed by atoms with E-state index in [4.69, 9.17) is 4.98 Å². The molecular weight excluding hydrogens is 366 g/mol. The van der Waals surface area contributed by atoms with Crippen molar-refractivity contribution in [3.8, 4) is 0 Å². The Labute approximate surface area is 160 Å². The number of carbonyl (C=O) groups excluding carboxylic acids is 1. The summed E-state index contributed by atoms with van der Waals surface area (Å²) in [6.07, 6.45) is 3.83. The maximum atomic E-state index is 12.8. The van der Waals surface area contributed by atoms with Crippen LogP contribution in [0.15, 0.2) is 29.3 Å². The van der Waals surface area contributed by atoms with Crippen LogP contribution < -0.4 is 4.90 Å². The third kappa shape index (κ3) is 3.07. The van der Waals surface area contributed by atoms with E-state index in [-0.39, 0.29) is 5.91 Å². The summed E-state index contributed by atoms with van der Waals surface area (Å²) < 4.78 is 2.89. The first-order chi connectivity index (χ1) is 12.6. The van der Waals surface area contributed by atoms with Gasteiger partial charge in [-0.15, -0.1) is 11.8 Å². The second-order valence-electron chi connectivity index (χ2n) is 6.41. The summed E-state index contributed by atoms with van der Waals surface area (Å²) in [4.78, 5) is 23.0.